The fraction of sp³-hybridized carbons (Fsp3) is 0.565. The zero-order chi connectivity index (χ0) is 24.3. The number of rotatable bonds is 9. The van der Waals surface area contributed by atoms with Gasteiger partial charge in [-0.15, -0.1) is 0 Å². The average molecular weight is 479 g/mol. The van der Waals surface area contributed by atoms with E-state index >= 15 is 0 Å². The number of benzene rings is 1. The quantitative estimate of drug-likeness (QED) is 0.393. The summed E-state index contributed by atoms with van der Waals surface area (Å²) in [6.07, 6.45) is 1.89. The number of hydrogen-bond acceptors (Lipinski definition) is 7. The van der Waals surface area contributed by atoms with E-state index in [9.17, 15) is 27.6 Å². The third-order valence-corrected chi connectivity index (χ3v) is 7.55. The van der Waals surface area contributed by atoms with Crippen molar-refractivity contribution in [2.75, 3.05) is 31.2 Å². The molecule has 0 saturated carbocycles. The Kier molecular flexibility index (Phi) is 7.56. The first-order chi connectivity index (χ1) is 15.5. The highest BCUT2D eigenvalue weighted by molar-refractivity contribution is 7.91. The molecule has 2 aliphatic heterocycles. The standard InChI is InChI=1S/C23H30N2O7S/c1-4-5-9-24-21(27)18-7-6-16(11-19(18)22(24)28)23(29)32-13-20(26)25(12-15(2)3)17-8-10-33(30,31)14-17/h6-7,11,15,17H,4-5,8-10,12-14H2,1-3H3. The van der Waals surface area contributed by atoms with Crippen LogP contribution in [0.2, 0.25) is 0 Å². The molecule has 1 aromatic rings. The van der Waals surface area contributed by atoms with Crippen molar-refractivity contribution in [2.45, 2.75) is 46.1 Å². The summed E-state index contributed by atoms with van der Waals surface area (Å²) in [5.41, 5.74) is 0.461. The second kappa shape index (κ2) is 10.0. The SMILES string of the molecule is CCCCN1C(=O)c2ccc(C(=O)OCC(=O)N(CC(C)C)C3CCS(=O)(=O)C3)cc2C1=O. The molecule has 3 rings (SSSR count). The van der Waals surface area contributed by atoms with Crippen LogP contribution in [0.1, 0.15) is 71.1 Å². The first-order valence-electron chi connectivity index (χ1n) is 11.2. The summed E-state index contributed by atoms with van der Waals surface area (Å²) >= 11 is 0. The molecule has 10 heteroatoms. The molecule has 0 aromatic heterocycles. The molecule has 0 aliphatic carbocycles. The van der Waals surface area contributed by atoms with E-state index in [1.807, 2.05) is 20.8 Å². The average Bonchev–Trinajstić information content (AvgIpc) is 3.24. The highest BCUT2D eigenvalue weighted by Crippen LogP contribution is 2.25. The fourth-order valence-corrected chi connectivity index (χ4v) is 5.83. The Morgan fingerprint density at radius 1 is 1.18 bits per heavy atom. The minimum absolute atomic E-state index is 0.0382. The third kappa shape index (κ3) is 5.61. The van der Waals surface area contributed by atoms with E-state index in [2.05, 4.69) is 0 Å². The number of fused-ring (bicyclic) bond motifs is 1. The van der Waals surface area contributed by atoms with Gasteiger partial charge in [0, 0.05) is 19.1 Å². The van der Waals surface area contributed by atoms with Crippen LogP contribution in [0.25, 0.3) is 0 Å². The van der Waals surface area contributed by atoms with Crippen LogP contribution in [-0.4, -0.2) is 79.2 Å². The van der Waals surface area contributed by atoms with E-state index in [1.165, 1.54) is 28.0 Å². The molecule has 0 radical (unpaired) electrons. The van der Waals surface area contributed by atoms with Gasteiger partial charge in [-0.2, -0.15) is 0 Å². The summed E-state index contributed by atoms with van der Waals surface area (Å²) in [5, 5.41) is 0. The van der Waals surface area contributed by atoms with Crippen molar-refractivity contribution in [3.05, 3.63) is 34.9 Å². The maximum absolute atomic E-state index is 12.8. The number of ether oxygens (including phenoxy) is 1. The number of hydrogen-bond donors (Lipinski definition) is 0. The van der Waals surface area contributed by atoms with Crippen LogP contribution < -0.4 is 0 Å². The van der Waals surface area contributed by atoms with E-state index < -0.39 is 40.3 Å². The van der Waals surface area contributed by atoms with Gasteiger partial charge in [0.25, 0.3) is 17.7 Å². The number of nitrogens with zero attached hydrogens (tertiary/aromatic N) is 2. The molecule has 1 unspecified atom stereocenters. The van der Waals surface area contributed by atoms with Crippen molar-refractivity contribution < 1.29 is 32.3 Å². The molecule has 0 N–H and O–H groups in total. The highest BCUT2D eigenvalue weighted by atomic mass is 32.2. The van der Waals surface area contributed by atoms with E-state index in [1.54, 1.807) is 0 Å². The monoisotopic (exact) mass is 478 g/mol. The molecule has 1 saturated heterocycles. The molecule has 1 aromatic carbocycles. The number of esters is 1. The lowest BCUT2D eigenvalue weighted by Gasteiger charge is -2.29. The van der Waals surface area contributed by atoms with Crippen LogP contribution >= 0.6 is 0 Å². The molecule has 180 valence electrons. The number of carbonyl (C=O) groups is 4. The Balaban J connectivity index is 1.67. The van der Waals surface area contributed by atoms with E-state index in [0.717, 1.165) is 6.42 Å². The van der Waals surface area contributed by atoms with E-state index in [-0.39, 0.29) is 40.0 Å². The molecule has 1 atom stereocenters. The molecule has 9 nitrogen and oxygen atoms in total. The number of carbonyl (C=O) groups excluding carboxylic acids is 4. The Morgan fingerprint density at radius 3 is 2.48 bits per heavy atom. The van der Waals surface area contributed by atoms with Crippen molar-refractivity contribution in [2.24, 2.45) is 5.92 Å². The maximum atomic E-state index is 12.8. The van der Waals surface area contributed by atoms with Crippen LogP contribution in [0.3, 0.4) is 0 Å². The van der Waals surface area contributed by atoms with Crippen molar-refractivity contribution in [3.63, 3.8) is 0 Å². The minimum Gasteiger partial charge on any atom is -0.452 e. The predicted octanol–water partition coefficient (Wildman–Crippen LogP) is 1.91. The van der Waals surface area contributed by atoms with Gasteiger partial charge in [-0.25, -0.2) is 13.2 Å². The molecule has 2 aliphatic rings. The Labute approximate surface area is 194 Å². The molecule has 0 spiro atoms. The zero-order valence-corrected chi connectivity index (χ0v) is 20.0. The number of imide groups is 1. The van der Waals surface area contributed by atoms with E-state index in [0.29, 0.717) is 25.9 Å². The molecular formula is C23H30N2O7S. The zero-order valence-electron chi connectivity index (χ0n) is 19.2. The predicted molar refractivity (Wildman–Crippen MR) is 121 cm³/mol. The molecule has 3 amide bonds. The second-order valence-electron chi connectivity index (χ2n) is 8.95. The normalized spacial score (nSPS) is 19.2. The Bertz CT molecular complexity index is 1060. The maximum Gasteiger partial charge on any atom is 0.338 e. The number of sulfone groups is 1. The first kappa shape index (κ1) is 24.9. The van der Waals surface area contributed by atoms with Crippen LogP contribution in [0.4, 0.5) is 0 Å². The third-order valence-electron chi connectivity index (χ3n) is 5.80. The second-order valence-corrected chi connectivity index (χ2v) is 11.2. The molecule has 2 heterocycles. The largest absolute Gasteiger partial charge is 0.452 e. The summed E-state index contributed by atoms with van der Waals surface area (Å²) in [4.78, 5) is 53.0. The van der Waals surface area contributed by atoms with Crippen molar-refractivity contribution >= 4 is 33.5 Å². The van der Waals surface area contributed by atoms with Crippen LogP contribution in [-0.2, 0) is 19.4 Å². The summed E-state index contributed by atoms with van der Waals surface area (Å²) < 4.78 is 28.9. The molecule has 1 fully saturated rings. The van der Waals surface area contributed by atoms with Gasteiger partial charge < -0.3 is 9.64 Å². The molecular weight excluding hydrogens is 448 g/mol. The highest BCUT2D eigenvalue weighted by Gasteiger charge is 2.37. The lowest BCUT2D eigenvalue weighted by molar-refractivity contribution is -0.137. The van der Waals surface area contributed by atoms with Crippen molar-refractivity contribution in [1.29, 1.82) is 0 Å². The Morgan fingerprint density at radius 2 is 1.88 bits per heavy atom. The van der Waals surface area contributed by atoms with Crippen molar-refractivity contribution in [1.82, 2.24) is 9.80 Å². The number of amides is 3. The van der Waals surface area contributed by atoms with Gasteiger partial charge in [-0.3, -0.25) is 19.3 Å². The smallest absolute Gasteiger partial charge is 0.338 e. The van der Waals surface area contributed by atoms with Gasteiger partial charge in [0.05, 0.1) is 28.2 Å². The van der Waals surface area contributed by atoms with Gasteiger partial charge in [0.2, 0.25) is 0 Å². The van der Waals surface area contributed by atoms with Crippen LogP contribution in [0.5, 0.6) is 0 Å². The topological polar surface area (TPSA) is 118 Å². The van der Waals surface area contributed by atoms with Gasteiger partial charge in [-0.1, -0.05) is 27.2 Å². The van der Waals surface area contributed by atoms with Gasteiger partial charge in [0.15, 0.2) is 16.4 Å². The Hall–Kier alpha value is -2.75. The van der Waals surface area contributed by atoms with Gasteiger partial charge >= 0.3 is 5.97 Å². The molecule has 33 heavy (non-hydrogen) atoms. The van der Waals surface area contributed by atoms with Gasteiger partial charge in [-0.05, 0) is 37.0 Å². The summed E-state index contributed by atoms with van der Waals surface area (Å²) in [6, 6.07) is 3.72. The lowest BCUT2D eigenvalue weighted by atomic mass is 10.1. The minimum atomic E-state index is -3.18. The first-order valence-corrected chi connectivity index (χ1v) is 13.0. The van der Waals surface area contributed by atoms with Crippen molar-refractivity contribution in [3.8, 4) is 0 Å². The van der Waals surface area contributed by atoms with Gasteiger partial charge in [0.1, 0.15) is 0 Å². The summed E-state index contributed by atoms with van der Waals surface area (Å²) in [5.74, 6) is -2.01. The lowest BCUT2D eigenvalue weighted by Crippen LogP contribution is -2.45. The summed E-state index contributed by atoms with van der Waals surface area (Å²) in [7, 11) is -3.18. The number of unbranched alkanes of at least 4 members (excludes halogenated alkanes) is 1. The molecule has 0 bridgehead atoms. The van der Waals surface area contributed by atoms with Crippen LogP contribution in [0.15, 0.2) is 18.2 Å². The fourth-order valence-electron chi connectivity index (χ4n) is 4.10. The van der Waals surface area contributed by atoms with E-state index in [4.69, 9.17) is 4.74 Å². The van der Waals surface area contributed by atoms with Crippen LogP contribution in [0, 0.1) is 5.92 Å². The summed E-state index contributed by atoms with van der Waals surface area (Å²) in [6.45, 7) is 5.94.